The lowest BCUT2D eigenvalue weighted by Gasteiger charge is -2.12. The molecule has 1 heterocycles. The maximum atomic E-state index is 10.8. The minimum Gasteiger partial charge on any atom is -0.496 e. The molecule has 0 amide bonds. The molecule has 0 spiro atoms. The van der Waals surface area contributed by atoms with Crippen molar-refractivity contribution in [2.45, 2.75) is 0 Å². The van der Waals surface area contributed by atoms with Crippen molar-refractivity contribution in [3.8, 4) is 22.8 Å². The van der Waals surface area contributed by atoms with Gasteiger partial charge in [-0.1, -0.05) is 6.07 Å². The summed E-state index contributed by atoms with van der Waals surface area (Å²) < 4.78 is 10.6. The molecule has 0 bridgehead atoms. The summed E-state index contributed by atoms with van der Waals surface area (Å²) >= 11 is 0. The smallest absolute Gasteiger partial charge is 0.337 e. The Morgan fingerprint density at radius 2 is 1.74 bits per heavy atom. The topological polar surface area (TPSA) is 68.7 Å². The molecule has 0 atom stereocenters. The van der Waals surface area contributed by atoms with Crippen molar-refractivity contribution in [3.05, 3.63) is 42.1 Å². The predicted molar refractivity (Wildman–Crippen MR) is 69.7 cm³/mol. The third-order valence-electron chi connectivity index (χ3n) is 2.69. The van der Waals surface area contributed by atoms with Gasteiger partial charge in [-0.2, -0.15) is 0 Å². The van der Waals surface area contributed by atoms with Gasteiger partial charge >= 0.3 is 5.97 Å². The highest BCUT2D eigenvalue weighted by atomic mass is 16.5. The number of rotatable bonds is 4. The van der Waals surface area contributed by atoms with Crippen molar-refractivity contribution in [3.63, 3.8) is 0 Å². The summed E-state index contributed by atoms with van der Waals surface area (Å²) in [7, 11) is 3.12. The van der Waals surface area contributed by atoms with Crippen LogP contribution in [0.25, 0.3) is 11.3 Å². The van der Waals surface area contributed by atoms with Crippen LogP contribution < -0.4 is 9.47 Å². The number of carboxylic acids is 1. The normalized spacial score (nSPS) is 10.0. The zero-order chi connectivity index (χ0) is 13.8. The van der Waals surface area contributed by atoms with E-state index in [9.17, 15) is 4.79 Å². The van der Waals surface area contributed by atoms with Gasteiger partial charge in [0.05, 0.1) is 31.0 Å². The van der Waals surface area contributed by atoms with E-state index in [-0.39, 0.29) is 5.56 Å². The Morgan fingerprint density at radius 3 is 2.16 bits per heavy atom. The summed E-state index contributed by atoms with van der Waals surface area (Å²) in [6.45, 7) is 0. The number of ether oxygens (including phenoxy) is 2. The summed E-state index contributed by atoms with van der Waals surface area (Å²) in [5, 5.41) is 8.86. The second-order valence-electron chi connectivity index (χ2n) is 3.77. The van der Waals surface area contributed by atoms with Gasteiger partial charge in [0.1, 0.15) is 11.5 Å². The Hall–Kier alpha value is -2.56. The van der Waals surface area contributed by atoms with Gasteiger partial charge in [0.2, 0.25) is 0 Å². The number of carboxylic acid groups (broad SMARTS) is 1. The summed E-state index contributed by atoms with van der Waals surface area (Å²) in [5.74, 6) is 0.232. The number of hydrogen-bond acceptors (Lipinski definition) is 4. The number of benzene rings is 1. The number of pyridine rings is 1. The summed E-state index contributed by atoms with van der Waals surface area (Å²) in [6.07, 6.45) is 1.31. The van der Waals surface area contributed by atoms with Crippen LogP contribution in [-0.2, 0) is 0 Å². The molecule has 0 unspecified atom stereocenters. The molecule has 1 aromatic carbocycles. The fraction of sp³-hybridized carbons (Fsp3) is 0.143. The number of nitrogens with zero attached hydrogens (tertiary/aromatic N) is 1. The molecule has 5 heteroatoms. The molecule has 2 aromatic rings. The van der Waals surface area contributed by atoms with E-state index in [1.165, 1.54) is 12.3 Å². The Morgan fingerprint density at radius 1 is 1.11 bits per heavy atom. The van der Waals surface area contributed by atoms with E-state index in [4.69, 9.17) is 14.6 Å². The van der Waals surface area contributed by atoms with Crippen LogP contribution in [0.3, 0.4) is 0 Å². The van der Waals surface area contributed by atoms with Crippen LogP contribution in [0.5, 0.6) is 11.5 Å². The fourth-order valence-electron chi connectivity index (χ4n) is 1.77. The van der Waals surface area contributed by atoms with Gasteiger partial charge in [-0.3, -0.25) is 4.98 Å². The second-order valence-corrected chi connectivity index (χ2v) is 3.77. The predicted octanol–water partition coefficient (Wildman–Crippen LogP) is 2.46. The second kappa shape index (κ2) is 5.39. The lowest BCUT2D eigenvalue weighted by molar-refractivity contribution is 0.0696. The van der Waals surface area contributed by atoms with Crippen molar-refractivity contribution in [2.24, 2.45) is 0 Å². The minimum absolute atomic E-state index is 0.137. The first-order valence-electron chi connectivity index (χ1n) is 5.58. The standard InChI is InChI=1S/C14H13NO4/c1-18-11-4-3-5-12(19-2)13(11)10-7-6-9(8-15-10)14(16)17/h3-8H,1-2H3,(H,16,17). The van der Waals surface area contributed by atoms with Gasteiger partial charge in [-0.05, 0) is 24.3 Å². The van der Waals surface area contributed by atoms with Gasteiger partial charge in [-0.25, -0.2) is 4.79 Å². The van der Waals surface area contributed by atoms with E-state index in [1.807, 2.05) is 6.07 Å². The van der Waals surface area contributed by atoms with Crippen molar-refractivity contribution >= 4 is 5.97 Å². The first-order chi connectivity index (χ1) is 9.17. The van der Waals surface area contributed by atoms with E-state index in [0.717, 1.165) is 0 Å². The average Bonchev–Trinajstić information content (AvgIpc) is 2.46. The fourth-order valence-corrected chi connectivity index (χ4v) is 1.77. The van der Waals surface area contributed by atoms with Crippen LogP contribution in [0, 0.1) is 0 Å². The quantitative estimate of drug-likeness (QED) is 0.913. The van der Waals surface area contributed by atoms with Crippen LogP contribution in [-0.4, -0.2) is 30.3 Å². The molecule has 1 N–H and O–H groups in total. The minimum atomic E-state index is -1.01. The van der Waals surface area contributed by atoms with E-state index in [1.54, 1.807) is 32.4 Å². The van der Waals surface area contributed by atoms with E-state index < -0.39 is 5.97 Å². The van der Waals surface area contributed by atoms with Gasteiger partial charge < -0.3 is 14.6 Å². The van der Waals surface area contributed by atoms with E-state index in [2.05, 4.69) is 4.98 Å². The molecule has 0 radical (unpaired) electrons. The molecule has 19 heavy (non-hydrogen) atoms. The lowest BCUT2D eigenvalue weighted by Crippen LogP contribution is -1.99. The highest BCUT2D eigenvalue weighted by Crippen LogP contribution is 2.36. The van der Waals surface area contributed by atoms with Crippen LogP contribution in [0.2, 0.25) is 0 Å². The van der Waals surface area contributed by atoms with Crippen molar-refractivity contribution in [1.29, 1.82) is 0 Å². The van der Waals surface area contributed by atoms with Gasteiger partial charge in [0, 0.05) is 6.20 Å². The molecular weight excluding hydrogens is 246 g/mol. The molecule has 98 valence electrons. The lowest BCUT2D eigenvalue weighted by atomic mass is 10.1. The van der Waals surface area contributed by atoms with Crippen molar-refractivity contribution < 1.29 is 19.4 Å². The molecular formula is C14H13NO4. The summed E-state index contributed by atoms with van der Waals surface area (Å²) in [6, 6.07) is 8.53. The highest BCUT2D eigenvalue weighted by molar-refractivity contribution is 5.87. The number of hydrogen-bond donors (Lipinski definition) is 1. The molecule has 0 fully saturated rings. The van der Waals surface area contributed by atoms with Gasteiger partial charge in [-0.15, -0.1) is 0 Å². The van der Waals surface area contributed by atoms with E-state index in [0.29, 0.717) is 22.8 Å². The van der Waals surface area contributed by atoms with Gasteiger partial charge in [0.15, 0.2) is 0 Å². The Kier molecular flexibility index (Phi) is 3.66. The molecule has 0 aliphatic rings. The number of methoxy groups -OCH3 is 2. The Bertz CT molecular complexity index is 571. The maximum Gasteiger partial charge on any atom is 0.337 e. The Balaban J connectivity index is 2.54. The molecule has 5 nitrogen and oxygen atoms in total. The first kappa shape index (κ1) is 12.9. The SMILES string of the molecule is COc1cccc(OC)c1-c1ccc(C(=O)O)cn1. The van der Waals surface area contributed by atoms with Crippen LogP contribution in [0.15, 0.2) is 36.5 Å². The average molecular weight is 259 g/mol. The number of aromatic nitrogens is 1. The number of aromatic carboxylic acids is 1. The third kappa shape index (κ3) is 2.49. The Labute approximate surface area is 110 Å². The molecule has 0 saturated heterocycles. The zero-order valence-corrected chi connectivity index (χ0v) is 10.6. The zero-order valence-electron chi connectivity index (χ0n) is 10.6. The van der Waals surface area contributed by atoms with Crippen LogP contribution in [0.1, 0.15) is 10.4 Å². The number of carbonyl (C=O) groups is 1. The first-order valence-corrected chi connectivity index (χ1v) is 5.58. The molecule has 0 aliphatic heterocycles. The van der Waals surface area contributed by atoms with Crippen LogP contribution in [0.4, 0.5) is 0 Å². The molecule has 0 saturated carbocycles. The monoisotopic (exact) mass is 259 g/mol. The van der Waals surface area contributed by atoms with E-state index >= 15 is 0 Å². The summed E-state index contributed by atoms with van der Waals surface area (Å²) in [5.41, 5.74) is 1.43. The molecule has 0 aliphatic carbocycles. The van der Waals surface area contributed by atoms with Gasteiger partial charge in [0.25, 0.3) is 0 Å². The maximum absolute atomic E-state index is 10.8. The summed E-state index contributed by atoms with van der Waals surface area (Å²) in [4.78, 5) is 15.0. The largest absolute Gasteiger partial charge is 0.496 e. The molecule has 2 rings (SSSR count). The highest BCUT2D eigenvalue weighted by Gasteiger charge is 2.14. The van der Waals surface area contributed by atoms with Crippen LogP contribution >= 0.6 is 0 Å². The van der Waals surface area contributed by atoms with Crippen molar-refractivity contribution in [1.82, 2.24) is 4.98 Å². The van der Waals surface area contributed by atoms with Crippen molar-refractivity contribution in [2.75, 3.05) is 14.2 Å². The molecule has 1 aromatic heterocycles. The third-order valence-corrected chi connectivity index (χ3v) is 2.69.